The number of nitrogens with one attached hydrogen (secondary N) is 1. The zero-order chi connectivity index (χ0) is 24.1. The number of anilines is 3. The van der Waals surface area contributed by atoms with Gasteiger partial charge in [-0.25, -0.2) is 4.98 Å². The second kappa shape index (κ2) is 10.3. The van der Waals surface area contributed by atoms with Crippen LogP contribution in [0.4, 0.5) is 17.5 Å². The molecule has 0 bridgehead atoms. The van der Waals surface area contributed by atoms with Crippen molar-refractivity contribution < 1.29 is 0 Å². The highest BCUT2D eigenvalue weighted by atomic mass is 16.1. The van der Waals surface area contributed by atoms with E-state index in [2.05, 4.69) is 29.4 Å². The van der Waals surface area contributed by atoms with Crippen LogP contribution >= 0.6 is 0 Å². The number of nitrogens with zero attached hydrogens (tertiary/aromatic N) is 4. The van der Waals surface area contributed by atoms with Gasteiger partial charge in [0.15, 0.2) is 0 Å². The van der Waals surface area contributed by atoms with Gasteiger partial charge in [-0.2, -0.15) is 4.98 Å². The molecule has 2 aromatic carbocycles. The highest BCUT2D eigenvalue weighted by molar-refractivity contribution is 5.70. The Balaban J connectivity index is 1.54. The van der Waals surface area contributed by atoms with Crippen molar-refractivity contribution in [3.63, 3.8) is 0 Å². The van der Waals surface area contributed by atoms with Crippen molar-refractivity contribution in [2.45, 2.75) is 25.9 Å². The molecule has 0 aliphatic carbocycles. The summed E-state index contributed by atoms with van der Waals surface area (Å²) in [5.74, 6) is 1.28. The van der Waals surface area contributed by atoms with E-state index < -0.39 is 0 Å². The van der Waals surface area contributed by atoms with Gasteiger partial charge in [-0.15, -0.1) is 0 Å². The minimum absolute atomic E-state index is 0.0408. The zero-order valence-corrected chi connectivity index (χ0v) is 19.8. The third kappa shape index (κ3) is 5.32. The Bertz CT molecular complexity index is 1320. The highest BCUT2D eigenvalue weighted by Gasteiger charge is 2.13. The number of rotatable bonds is 8. The number of aromatic nitrogens is 3. The van der Waals surface area contributed by atoms with Crippen LogP contribution in [0, 0.1) is 0 Å². The average molecular weight is 455 g/mol. The van der Waals surface area contributed by atoms with E-state index in [1.54, 1.807) is 17.8 Å². The van der Waals surface area contributed by atoms with Gasteiger partial charge in [0.2, 0.25) is 5.95 Å². The number of hydrogen-bond donors (Lipinski definition) is 2. The standard InChI is InChI=1S/C27H30N6O/c1-19(14-20-8-7-9-21(15-20)17-28)30-27-29-13-12-25(31-27)33(3)23-16-24(26(34)32(2)18-23)22-10-5-4-6-11-22/h4-13,15-16,18-19H,14,17,28H2,1-3H3,(H,29,30,31). The molecule has 3 N–H and O–H groups in total. The van der Waals surface area contributed by atoms with Crippen LogP contribution in [0.1, 0.15) is 18.1 Å². The lowest BCUT2D eigenvalue weighted by Gasteiger charge is -2.21. The predicted molar refractivity (Wildman–Crippen MR) is 138 cm³/mol. The summed E-state index contributed by atoms with van der Waals surface area (Å²) in [6.07, 6.45) is 4.39. The summed E-state index contributed by atoms with van der Waals surface area (Å²) in [5, 5.41) is 3.40. The lowest BCUT2D eigenvalue weighted by atomic mass is 10.0. The van der Waals surface area contributed by atoms with Crippen LogP contribution in [-0.2, 0) is 20.0 Å². The number of pyridine rings is 1. The molecule has 0 aliphatic heterocycles. The fourth-order valence-electron chi connectivity index (χ4n) is 3.95. The maximum Gasteiger partial charge on any atom is 0.258 e. The smallest absolute Gasteiger partial charge is 0.258 e. The quantitative estimate of drug-likeness (QED) is 0.416. The average Bonchev–Trinajstić information content (AvgIpc) is 2.86. The largest absolute Gasteiger partial charge is 0.351 e. The van der Waals surface area contributed by atoms with Crippen molar-refractivity contribution in [3.8, 4) is 11.1 Å². The summed E-state index contributed by atoms with van der Waals surface area (Å²) in [4.78, 5) is 23.8. The molecular weight excluding hydrogens is 424 g/mol. The molecule has 0 amide bonds. The maximum atomic E-state index is 12.7. The molecule has 4 rings (SSSR count). The Kier molecular flexibility index (Phi) is 7.04. The van der Waals surface area contributed by atoms with Crippen molar-refractivity contribution in [2.24, 2.45) is 12.8 Å². The molecule has 1 unspecified atom stereocenters. The molecule has 1 atom stereocenters. The Labute approximate surface area is 199 Å². The number of aryl methyl sites for hydroxylation is 1. The van der Waals surface area contributed by atoms with Crippen LogP contribution in [0.2, 0.25) is 0 Å². The molecule has 0 spiro atoms. The first-order chi connectivity index (χ1) is 16.4. The van der Waals surface area contributed by atoms with E-state index in [4.69, 9.17) is 10.7 Å². The van der Waals surface area contributed by atoms with E-state index in [1.165, 1.54) is 5.56 Å². The molecule has 7 heteroatoms. The Morgan fingerprint density at radius 2 is 1.82 bits per heavy atom. The van der Waals surface area contributed by atoms with E-state index in [1.807, 2.05) is 72.7 Å². The van der Waals surface area contributed by atoms with E-state index in [0.717, 1.165) is 29.1 Å². The molecule has 0 saturated heterocycles. The van der Waals surface area contributed by atoms with Crippen molar-refractivity contribution in [2.75, 3.05) is 17.3 Å². The number of nitrogens with two attached hydrogens (primary N) is 1. The van der Waals surface area contributed by atoms with Crippen molar-refractivity contribution in [3.05, 3.63) is 101 Å². The van der Waals surface area contributed by atoms with Crippen LogP contribution < -0.4 is 21.5 Å². The molecule has 2 aromatic heterocycles. The van der Waals surface area contributed by atoms with Crippen molar-refractivity contribution >= 4 is 17.5 Å². The van der Waals surface area contributed by atoms with E-state index in [9.17, 15) is 4.79 Å². The molecule has 2 heterocycles. The SMILES string of the molecule is CC(Cc1cccc(CN)c1)Nc1nccc(N(C)c2cc(-c3ccccc3)c(=O)n(C)c2)n1. The van der Waals surface area contributed by atoms with Gasteiger partial charge < -0.3 is 20.5 Å². The summed E-state index contributed by atoms with van der Waals surface area (Å²) in [7, 11) is 3.70. The minimum atomic E-state index is -0.0408. The maximum absolute atomic E-state index is 12.7. The molecule has 0 saturated carbocycles. The van der Waals surface area contributed by atoms with Gasteiger partial charge in [0, 0.05) is 44.6 Å². The van der Waals surface area contributed by atoms with Crippen LogP contribution in [0.15, 0.2) is 83.9 Å². The summed E-state index contributed by atoms with van der Waals surface area (Å²) < 4.78 is 1.60. The lowest BCUT2D eigenvalue weighted by molar-refractivity contribution is 0.775. The van der Waals surface area contributed by atoms with Gasteiger partial charge in [0.05, 0.1) is 5.69 Å². The van der Waals surface area contributed by atoms with Crippen molar-refractivity contribution in [1.82, 2.24) is 14.5 Å². The van der Waals surface area contributed by atoms with Crippen LogP contribution in [0.25, 0.3) is 11.1 Å². The van der Waals surface area contributed by atoms with Gasteiger partial charge in [-0.05, 0) is 42.2 Å². The van der Waals surface area contributed by atoms with Crippen LogP contribution in [0.3, 0.4) is 0 Å². The second-order valence-corrected chi connectivity index (χ2v) is 8.47. The van der Waals surface area contributed by atoms with Crippen LogP contribution in [0.5, 0.6) is 0 Å². The summed E-state index contributed by atoms with van der Waals surface area (Å²) in [6.45, 7) is 2.64. The topological polar surface area (TPSA) is 89.1 Å². The minimum Gasteiger partial charge on any atom is -0.351 e. The lowest BCUT2D eigenvalue weighted by Crippen LogP contribution is -2.22. The first-order valence-electron chi connectivity index (χ1n) is 11.3. The highest BCUT2D eigenvalue weighted by Crippen LogP contribution is 2.25. The first kappa shape index (κ1) is 23.2. The second-order valence-electron chi connectivity index (χ2n) is 8.47. The first-order valence-corrected chi connectivity index (χ1v) is 11.3. The summed E-state index contributed by atoms with van der Waals surface area (Å²) in [6, 6.07) is 21.9. The fraction of sp³-hybridized carbons (Fsp3) is 0.222. The Hall–Kier alpha value is -3.97. The molecule has 4 aromatic rings. The third-order valence-electron chi connectivity index (χ3n) is 5.77. The normalized spacial score (nSPS) is 11.8. The van der Waals surface area contributed by atoms with E-state index >= 15 is 0 Å². The number of benzene rings is 2. The fourth-order valence-corrected chi connectivity index (χ4v) is 3.95. The molecule has 0 radical (unpaired) electrons. The van der Waals surface area contributed by atoms with Gasteiger partial charge in [-0.3, -0.25) is 4.79 Å². The molecule has 0 fully saturated rings. The summed E-state index contributed by atoms with van der Waals surface area (Å²) in [5.41, 5.74) is 10.5. The van der Waals surface area contributed by atoms with Crippen molar-refractivity contribution in [1.29, 1.82) is 0 Å². The van der Waals surface area contributed by atoms with E-state index in [0.29, 0.717) is 18.1 Å². The molecule has 0 aliphatic rings. The van der Waals surface area contributed by atoms with Gasteiger partial charge in [0.1, 0.15) is 5.82 Å². The molecule has 34 heavy (non-hydrogen) atoms. The number of hydrogen-bond acceptors (Lipinski definition) is 6. The molecule has 174 valence electrons. The van der Waals surface area contributed by atoms with Gasteiger partial charge >= 0.3 is 0 Å². The van der Waals surface area contributed by atoms with Crippen LogP contribution in [-0.4, -0.2) is 27.6 Å². The van der Waals surface area contributed by atoms with Gasteiger partial charge in [0.25, 0.3) is 5.56 Å². The molecular formula is C27H30N6O. The summed E-state index contributed by atoms with van der Waals surface area (Å²) >= 11 is 0. The zero-order valence-electron chi connectivity index (χ0n) is 19.8. The predicted octanol–water partition coefficient (Wildman–Crippen LogP) is 4.11. The Morgan fingerprint density at radius 1 is 1.06 bits per heavy atom. The van der Waals surface area contributed by atoms with E-state index in [-0.39, 0.29) is 11.6 Å². The third-order valence-corrected chi connectivity index (χ3v) is 5.77. The monoisotopic (exact) mass is 454 g/mol. The Morgan fingerprint density at radius 3 is 2.59 bits per heavy atom. The van der Waals surface area contributed by atoms with Gasteiger partial charge in [-0.1, -0.05) is 54.6 Å². The molecule has 7 nitrogen and oxygen atoms in total.